The zero-order valence-electron chi connectivity index (χ0n) is 12.8. The van der Waals surface area contributed by atoms with E-state index in [1.807, 2.05) is 12.1 Å². The van der Waals surface area contributed by atoms with Crippen LogP contribution in [0.2, 0.25) is 0 Å². The van der Waals surface area contributed by atoms with E-state index in [-0.39, 0.29) is 0 Å². The lowest BCUT2D eigenvalue weighted by atomic mass is 10.1. The van der Waals surface area contributed by atoms with Crippen molar-refractivity contribution in [2.75, 3.05) is 12.0 Å². The molecule has 0 saturated heterocycles. The van der Waals surface area contributed by atoms with Gasteiger partial charge in [0.05, 0.1) is 5.69 Å². The number of nitrogens with two attached hydrogens (primary N) is 1. The number of rotatable bonds is 7. The smallest absolute Gasteiger partial charge is 0.140 e. The zero-order chi connectivity index (χ0) is 14.4. The van der Waals surface area contributed by atoms with Gasteiger partial charge in [-0.25, -0.2) is 10.8 Å². The van der Waals surface area contributed by atoms with E-state index in [9.17, 15) is 0 Å². The molecule has 1 aliphatic rings. The molecule has 0 radical (unpaired) electrons. The van der Waals surface area contributed by atoms with E-state index >= 15 is 0 Å². The highest BCUT2D eigenvalue weighted by Gasteiger charge is 2.22. The fraction of sp³-hybridized carbons (Fsp3) is 0.688. The van der Waals surface area contributed by atoms with Gasteiger partial charge in [0.1, 0.15) is 5.82 Å². The van der Waals surface area contributed by atoms with Gasteiger partial charge in [-0.2, -0.15) is 0 Å². The monoisotopic (exact) mass is 276 g/mol. The van der Waals surface area contributed by atoms with Crippen LogP contribution >= 0.6 is 0 Å². The summed E-state index contributed by atoms with van der Waals surface area (Å²) >= 11 is 0. The number of hydrogen-bond acceptors (Lipinski definition) is 4. The molecule has 1 heterocycles. The number of aromatic nitrogens is 1. The molecule has 1 aromatic heterocycles. The Morgan fingerprint density at radius 2 is 2.10 bits per heavy atom. The van der Waals surface area contributed by atoms with Gasteiger partial charge >= 0.3 is 0 Å². The second kappa shape index (κ2) is 7.60. The molecule has 1 aliphatic carbocycles. The Balaban J connectivity index is 2.01. The van der Waals surface area contributed by atoms with Gasteiger partial charge in [-0.05, 0) is 43.9 Å². The minimum absolute atomic E-state index is 0.741. The first-order chi connectivity index (χ1) is 9.69. The molecule has 0 amide bonds. The highest BCUT2D eigenvalue weighted by Crippen LogP contribution is 2.25. The van der Waals surface area contributed by atoms with Crippen molar-refractivity contribution in [3.8, 4) is 0 Å². The minimum Gasteiger partial charge on any atom is -0.308 e. The molecular formula is C16H28N4. The van der Waals surface area contributed by atoms with Crippen molar-refractivity contribution in [1.82, 2.24) is 9.88 Å². The fourth-order valence-corrected chi connectivity index (χ4v) is 2.94. The molecule has 3 N–H and O–H groups in total. The van der Waals surface area contributed by atoms with Gasteiger partial charge in [-0.15, -0.1) is 0 Å². The Kier molecular flexibility index (Phi) is 5.80. The number of nitrogen functional groups attached to an aromatic ring is 1. The topological polar surface area (TPSA) is 54.2 Å². The summed E-state index contributed by atoms with van der Waals surface area (Å²) in [7, 11) is 0. The minimum atomic E-state index is 0.741. The van der Waals surface area contributed by atoms with Gasteiger partial charge in [-0.1, -0.05) is 32.8 Å². The molecule has 0 atom stereocenters. The normalized spacial score (nSPS) is 16.2. The van der Waals surface area contributed by atoms with E-state index in [4.69, 9.17) is 5.84 Å². The first kappa shape index (κ1) is 15.3. The predicted molar refractivity (Wildman–Crippen MR) is 84.2 cm³/mol. The molecule has 4 nitrogen and oxygen atoms in total. The first-order valence-electron chi connectivity index (χ1n) is 7.85. The largest absolute Gasteiger partial charge is 0.308 e. The van der Waals surface area contributed by atoms with Crippen LogP contribution in [0.4, 0.5) is 5.82 Å². The van der Waals surface area contributed by atoms with Gasteiger partial charge in [-0.3, -0.25) is 4.90 Å². The number of pyridine rings is 1. The zero-order valence-corrected chi connectivity index (χ0v) is 12.8. The first-order valence-corrected chi connectivity index (χ1v) is 7.85. The van der Waals surface area contributed by atoms with Gasteiger partial charge in [0.25, 0.3) is 0 Å². The van der Waals surface area contributed by atoms with Gasteiger partial charge in [0.2, 0.25) is 0 Å². The van der Waals surface area contributed by atoms with Gasteiger partial charge < -0.3 is 5.43 Å². The van der Waals surface area contributed by atoms with Crippen molar-refractivity contribution >= 4 is 5.82 Å². The molecule has 1 aromatic rings. The third-order valence-electron chi connectivity index (χ3n) is 4.15. The third kappa shape index (κ3) is 4.46. The van der Waals surface area contributed by atoms with Crippen LogP contribution in [0, 0.1) is 5.92 Å². The highest BCUT2D eigenvalue weighted by atomic mass is 15.3. The Bertz CT molecular complexity index is 399. The summed E-state index contributed by atoms with van der Waals surface area (Å²) in [5, 5.41) is 0. The number of hydrogen-bond donors (Lipinski definition) is 2. The van der Waals surface area contributed by atoms with E-state index in [1.54, 1.807) is 0 Å². The molecule has 0 aromatic carbocycles. The molecule has 0 aliphatic heterocycles. The summed E-state index contributed by atoms with van der Waals surface area (Å²) in [4.78, 5) is 7.17. The van der Waals surface area contributed by atoms with Crippen LogP contribution in [0.3, 0.4) is 0 Å². The van der Waals surface area contributed by atoms with Crippen LogP contribution < -0.4 is 11.3 Å². The van der Waals surface area contributed by atoms with Gasteiger partial charge in [0, 0.05) is 12.6 Å². The molecule has 4 heteroatoms. The van der Waals surface area contributed by atoms with Crippen molar-refractivity contribution in [1.29, 1.82) is 0 Å². The lowest BCUT2D eigenvalue weighted by molar-refractivity contribution is 0.177. The fourth-order valence-electron chi connectivity index (χ4n) is 2.94. The summed E-state index contributed by atoms with van der Waals surface area (Å²) in [5.41, 5.74) is 3.74. The maximum atomic E-state index is 5.44. The Morgan fingerprint density at radius 1 is 1.35 bits per heavy atom. The maximum absolute atomic E-state index is 5.44. The van der Waals surface area contributed by atoms with Crippen LogP contribution in [-0.2, 0) is 6.54 Å². The van der Waals surface area contributed by atoms with Crippen LogP contribution in [0.25, 0.3) is 0 Å². The second-order valence-corrected chi connectivity index (χ2v) is 6.25. The Labute approximate surface area is 122 Å². The predicted octanol–water partition coefficient (Wildman–Crippen LogP) is 3.16. The van der Waals surface area contributed by atoms with Crippen LogP contribution in [-0.4, -0.2) is 22.5 Å². The number of nitrogens with one attached hydrogen (secondary N) is 1. The molecular weight excluding hydrogens is 248 g/mol. The molecule has 0 spiro atoms. The molecule has 1 saturated carbocycles. The number of hydrazine groups is 1. The molecule has 2 rings (SSSR count). The van der Waals surface area contributed by atoms with E-state index < -0.39 is 0 Å². The summed E-state index contributed by atoms with van der Waals surface area (Å²) in [5.74, 6) is 6.95. The van der Waals surface area contributed by atoms with E-state index in [2.05, 4.69) is 35.2 Å². The van der Waals surface area contributed by atoms with Crippen molar-refractivity contribution < 1.29 is 0 Å². The summed E-state index contributed by atoms with van der Waals surface area (Å²) < 4.78 is 0. The average Bonchev–Trinajstić information content (AvgIpc) is 2.97. The molecule has 20 heavy (non-hydrogen) atoms. The quantitative estimate of drug-likeness (QED) is 0.593. The van der Waals surface area contributed by atoms with Crippen LogP contribution in [0.15, 0.2) is 18.2 Å². The second-order valence-electron chi connectivity index (χ2n) is 6.25. The van der Waals surface area contributed by atoms with E-state index in [0.29, 0.717) is 0 Å². The summed E-state index contributed by atoms with van der Waals surface area (Å²) in [6.45, 7) is 6.70. The third-order valence-corrected chi connectivity index (χ3v) is 4.15. The van der Waals surface area contributed by atoms with E-state index in [1.165, 1.54) is 38.6 Å². The molecule has 1 fully saturated rings. The molecule has 112 valence electrons. The van der Waals surface area contributed by atoms with Crippen molar-refractivity contribution in [3.63, 3.8) is 0 Å². The van der Waals surface area contributed by atoms with Gasteiger partial charge in [0.15, 0.2) is 0 Å². The SMILES string of the molecule is CC(C)CCN(Cc1cccc(NN)n1)C1CCCC1. The summed E-state index contributed by atoms with van der Waals surface area (Å²) in [6, 6.07) is 6.76. The Hall–Kier alpha value is -1.13. The molecule has 0 bridgehead atoms. The van der Waals surface area contributed by atoms with Crippen LogP contribution in [0.5, 0.6) is 0 Å². The summed E-state index contributed by atoms with van der Waals surface area (Å²) in [6.07, 6.45) is 6.69. The maximum Gasteiger partial charge on any atom is 0.140 e. The lowest BCUT2D eigenvalue weighted by Gasteiger charge is -2.29. The van der Waals surface area contributed by atoms with Crippen molar-refractivity contribution in [2.45, 2.75) is 58.5 Å². The van der Waals surface area contributed by atoms with Crippen LogP contribution in [0.1, 0.15) is 51.6 Å². The number of anilines is 1. The van der Waals surface area contributed by atoms with Crippen molar-refractivity contribution in [2.24, 2.45) is 11.8 Å². The van der Waals surface area contributed by atoms with E-state index in [0.717, 1.165) is 30.0 Å². The standard InChI is InChI=1S/C16H28N4/c1-13(2)10-11-20(15-7-3-4-8-15)12-14-6-5-9-16(18-14)19-17/h5-6,9,13,15H,3-4,7-8,10-12,17H2,1-2H3,(H,18,19). The average molecular weight is 276 g/mol. The van der Waals surface area contributed by atoms with Crippen molar-refractivity contribution in [3.05, 3.63) is 23.9 Å². The highest BCUT2D eigenvalue weighted by molar-refractivity contribution is 5.33. The number of nitrogens with zero attached hydrogens (tertiary/aromatic N) is 2. The lowest BCUT2D eigenvalue weighted by Crippen LogP contribution is -2.34. The Morgan fingerprint density at radius 3 is 2.75 bits per heavy atom. The molecule has 0 unspecified atom stereocenters.